The summed E-state index contributed by atoms with van der Waals surface area (Å²) in [6.07, 6.45) is 1.85. The average Bonchev–Trinajstić information content (AvgIpc) is 3.16. The number of rotatable bonds is 4. The molecular weight excluding hydrogens is 254 g/mol. The highest BCUT2D eigenvalue weighted by molar-refractivity contribution is 6.21. The van der Waals surface area contributed by atoms with Crippen LogP contribution in [0.15, 0.2) is 24.3 Å². The van der Waals surface area contributed by atoms with Crippen LogP contribution in [-0.2, 0) is 4.74 Å². The molecule has 0 N–H and O–H groups in total. The molecule has 0 bridgehead atoms. The fourth-order valence-electron chi connectivity index (χ4n) is 3.41. The first kappa shape index (κ1) is 13.3. The van der Waals surface area contributed by atoms with Crippen molar-refractivity contribution < 1.29 is 14.3 Å². The Morgan fingerprint density at radius 1 is 1.20 bits per heavy atom. The maximum atomic E-state index is 12.5. The van der Waals surface area contributed by atoms with E-state index >= 15 is 0 Å². The maximum absolute atomic E-state index is 12.5. The third kappa shape index (κ3) is 1.57. The summed E-state index contributed by atoms with van der Waals surface area (Å²) in [6.45, 7) is 6.03. The Morgan fingerprint density at radius 3 is 2.15 bits per heavy atom. The van der Waals surface area contributed by atoms with Crippen molar-refractivity contribution in [2.75, 3.05) is 0 Å². The van der Waals surface area contributed by atoms with Gasteiger partial charge in [-0.3, -0.25) is 14.5 Å². The molecule has 1 aromatic carbocycles. The zero-order chi connectivity index (χ0) is 14.5. The molecule has 0 radical (unpaired) electrons. The summed E-state index contributed by atoms with van der Waals surface area (Å²) in [4.78, 5) is 26.3. The van der Waals surface area contributed by atoms with Crippen LogP contribution in [0, 0.1) is 0 Å². The molecule has 106 valence electrons. The predicted molar refractivity (Wildman–Crippen MR) is 74.6 cm³/mol. The van der Waals surface area contributed by atoms with E-state index in [4.69, 9.17) is 4.74 Å². The first-order chi connectivity index (χ1) is 9.56. The normalized spacial score (nSPS) is 29.6. The lowest BCUT2D eigenvalue weighted by Gasteiger charge is -2.28. The van der Waals surface area contributed by atoms with Gasteiger partial charge >= 0.3 is 0 Å². The van der Waals surface area contributed by atoms with E-state index in [9.17, 15) is 9.59 Å². The van der Waals surface area contributed by atoms with E-state index in [-0.39, 0.29) is 29.6 Å². The van der Waals surface area contributed by atoms with Gasteiger partial charge in [-0.1, -0.05) is 26.0 Å². The largest absolute Gasteiger partial charge is 0.364 e. The molecule has 0 spiro atoms. The summed E-state index contributed by atoms with van der Waals surface area (Å²) in [6, 6.07) is 6.77. The Hall–Kier alpha value is -1.68. The highest BCUT2D eigenvalue weighted by Gasteiger charge is 2.61. The van der Waals surface area contributed by atoms with Crippen LogP contribution in [0.3, 0.4) is 0 Å². The molecule has 3 unspecified atom stereocenters. The zero-order valence-electron chi connectivity index (χ0n) is 12.1. The number of hydrogen-bond donors (Lipinski definition) is 0. The average molecular weight is 273 g/mol. The summed E-state index contributed by atoms with van der Waals surface area (Å²) in [5.74, 6) is -0.396. The second-order valence-corrected chi connectivity index (χ2v) is 5.53. The third-order valence-electron chi connectivity index (χ3n) is 4.69. The molecule has 1 saturated heterocycles. The van der Waals surface area contributed by atoms with Crippen LogP contribution in [0.25, 0.3) is 0 Å². The summed E-state index contributed by atoms with van der Waals surface area (Å²) in [7, 11) is 0. The van der Waals surface area contributed by atoms with Gasteiger partial charge in [-0.25, -0.2) is 0 Å². The molecule has 20 heavy (non-hydrogen) atoms. The first-order valence-corrected chi connectivity index (χ1v) is 7.21. The molecule has 1 aromatic rings. The van der Waals surface area contributed by atoms with Crippen LogP contribution in [0.2, 0.25) is 0 Å². The Labute approximate surface area is 118 Å². The van der Waals surface area contributed by atoms with E-state index in [0.717, 1.165) is 12.8 Å². The molecule has 0 saturated carbocycles. The fraction of sp³-hybridized carbons (Fsp3) is 0.500. The first-order valence-electron chi connectivity index (χ1n) is 7.21. The van der Waals surface area contributed by atoms with E-state index in [1.807, 2.05) is 13.8 Å². The molecule has 1 fully saturated rings. The number of imide groups is 1. The second kappa shape index (κ2) is 4.42. The van der Waals surface area contributed by atoms with Gasteiger partial charge in [0.05, 0.1) is 23.3 Å². The van der Waals surface area contributed by atoms with Crippen LogP contribution in [-0.4, -0.2) is 34.5 Å². The molecule has 4 heteroatoms. The van der Waals surface area contributed by atoms with Crippen LogP contribution < -0.4 is 0 Å². The van der Waals surface area contributed by atoms with Gasteiger partial charge in [0.2, 0.25) is 0 Å². The van der Waals surface area contributed by atoms with Crippen LogP contribution in [0.5, 0.6) is 0 Å². The topological polar surface area (TPSA) is 49.9 Å². The standard InChI is InChI=1S/C16H19NO3/c1-4-13-16(5-2,20-13)10(3)17-14(18)11-8-6-7-9-12(11)15(17)19/h6-10,13H,4-5H2,1-3H3. The van der Waals surface area contributed by atoms with Gasteiger partial charge in [0.25, 0.3) is 11.8 Å². The number of carbonyl (C=O) groups excluding carboxylic acids is 2. The Kier molecular flexibility index (Phi) is 2.94. The molecular formula is C16H19NO3. The monoisotopic (exact) mass is 273 g/mol. The number of carbonyl (C=O) groups is 2. The predicted octanol–water partition coefficient (Wildman–Crippen LogP) is 2.63. The lowest BCUT2D eigenvalue weighted by atomic mass is 9.91. The van der Waals surface area contributed by atoms with Crippen molar-refractivity contribution in [1.82, 2.24) is 4.90 Å². The summed E-state index contributed by atoms with van der Waals surface area (Å²) < 4.78 is 5.83. The molecule has 2 aliphatic rings. The molecule has 2 heterocycles. The molecule has 0 aliphatic carbocycles. The van der Waals surface area contributed by atoms with Gasteiger partial charge in [-0.2, -0.15) is 0 Å². The number of amides is 2. The SMILES string of the molecule is CCC1OC1(CC)C(C)N1C(=O)c2ccccc2C1=O. The fourth-order valence-corrected chi connectivity index (χ4v) is 3.41. The highest BCUT2D eigenvalue weighted by Crippen LogP contribution is 2.47. The molecule has 3 atom stereocenters. The van der Waals surface area contributed by atoms with Crippen molar-refractivity contribution in [3.8, 4) is 0 Å². The van der Waals surface area contributed by atoms with Crippen molar-refractivity contribution in [3.63, 3.8) is 0 Å². The van der Waals surface area contributed by atoms with Crippen molar-refractivity contribution >= 4 is 11.8 Å². The molecule has 2 amide bonds. The van der Waals surface area contributed by atoms with E-state index in [1.165, 1.54) is 4.90 Å². The van der Waals surface area contributed by atoms with Crippen LogP contribution >= 0.6 is 0 Å². The van der Waals surface area contributed by atoms with Gasteiger partial charge < -0.3 is 4.74 Å². The van der Waals surface area contributed by atoms with E-state index in [0.29, 0.717) is 11.1 Å². The van der Waals surface area contributed by atoms with Gasteiger partial charge in [0, 0.05) is 0 Å². The minimum absolute atomic E-state index is 0.145. The maximum Gasteiger partial charge on any atom is 0.261 e. The summed E-state index contributed by atoms with van der Waals surface area (Å²) >= 11 is 0. The number of fused-ring (bicyclic) bond motifs is 1. The summed E-state index contributed by atoms with van der Waals surface area (Å²) in [5.41, 5.74) is 0.649. The van der Waals surface area contributed by atoms with E-state index < -0.39 is 0 Å². The van der Waals surface area contributed by atoms with Crippen molar-refractivity contribution in [3.05, 3.63) is 35.4 Å². The van der Waals surface area contributed by atoms with Gasteiger partial charge in [0.15, 0.2) is 0 Å². The van der Waals surface area contributed by atoms with Crippen molar-refractivity contribution in [2.24, 2.45) is 0 Å². The second-order valence-electron chi connectivity index (χ2n) is 5.53. The Bertz CT molecular complexity index is 548. The molecule has 4 nitrogen and oxygen atoms in total. The third-order valence-corrected chi connectivity index (χ3v) is 4.69. The van der Waals surface area contributed by atoms with Crippen LogP contribution in [0.4, 0.5) is 0 Å². The quantitative estimate of drug-likeness (QED) is 0.626. The number of benzene rings is 1. The number of hydrogen-bond acceptors (Lipinski definition) is 3. The van der Waals surface area contributed by atoms with Crippen LogP contribution in [0.1, 0.15) is 54.3 Å². The molecule has 2 aliphatic heterocycles. The van der Waals surface area contributed by atoms with Crippen molar-refractivity contribution in [1.29, 1.82) is 0 Å². The highest BCUT2D eigenvalue weighted by atomic mass is 16.6. The number of epoxide rings is 1. The van der Waals surface area contributed by atoms with E-state index in [2.05, 4.69) is 6.92 Å². The minimum Gasteiger partial charge on any atom is -0.364 e. The summed E-state index contributed by atoms with van der Waals surface area (Å²) in [5, 5.41) is 0. The van der Waals surface area contributed by atoms with E-state index in [1.54, 1.807) is 24.3 Å². The lowest BCUT2D eigenvalue weighted by Crippen LogP contribution is -2.47. The van der Waals surface area contributed by atoms with Crippen molar-refractivity contribution in [2.45, 2.75) is 51.4 Å². The van der Waals surface area contributed by atoms with Gasteiger partial charge in [0.1, 0.15) is 5.60 Å². The smallest absolute Gasteiger partial charge is 0.261 e. The van der Waals surface area contributed by atoms with Gasteiger partial charge in [-0.05, 0) is 31.9 Å². The van der Waals surface area contributed by atoms with Gasteiger partial charge in [-0.15, -0.1) is 0 Å². The number of ether oxygens (including phenoxy) is 1. The zero-order valence-corrected chi connectivity index (χ0v) is 12.1. The lowest BCUT2D eigenvalue weighted by molar-refractivity contribution is 0.0503. The molecule has 0 aromatic heterocycles. The minimum atomic E-state index is -0.359. The Balaban J connectivity index is 1.94. The molecule has 3 rings (SSSR count). The Morgan fingerprint density at radius 2 is 1.75 bits per heavy atom. The number of nitrogens with zero attached hydrogens (tertiary/aromatic N) is 1.